The molecule has 1 rings (SSSR count). The third kappa shape index (κ3) is 8.36. The first-order chi connectivity index (χ1) is 13.6. The van der Waals surface area contributed by atoms with Crippen LogP contribution in [0.25, 0.3) is 0 Å². The predicted molar refractivity (Wildman–Crippen MR) is 139 cm³/mol. The second-order valence-corrected chi connectivity index (χ2v) is 21.8. The summed E-state index contributed by atoms with van der Waals surface area (Å²) < 4.78 is 12.6. The number of rotatable bonds is 11. The monoisotopic (exact) mass is 453 g/mol. The standard InChI is InChI=1S/C25H51NO2Si2/c1-21-20-26-23(17-13-15-19-28-30(10,11)25(5,6)7)22(21)16-12-14-18-27-29(8,9)24(2,3)4/h16,21H,12-15,17-20H2,1-11H3/b22-16+. The van der Waals surface area contributed by atoms with Crippen LogP contribution >= 0.6 is 0 Å². The minimum atomic E-state index is -1.62. The molecule has 0 fully saturated rings. The maximum absolute atomic E-state index is 6.32. The smallest absolute Gasteiger partial charge is 0.191 e. The zero-order valence-corrected chi connectivity index (χ0v) is 24.1. The van der Waals surface area contributed by atoms with E-state index in [1.165, 1.54) is 17.7 Å². The Bertz CT molecular complexity index is 595. The van der Waals surface area contributed by atoms with Crippen LogP contribution in [0, 0.1) is 5.92 Å². The molecule has 0 aliphatic carbocycles. The third-order valence-electron chi connectivity index (χ3n) is 7.48. The predicted octanol–water partition coefficient (Wildman–Crippen LogP) is 8.00. The summed E-state index contributed by atoms with van der Waals surface area (Å²) in [4.78, 5) is 4.85. The molecule has 0 amide bonds. The molecular weight excluding hydrogens is 402 g/mol. The first kappa shape index (κ1) is 27.8. The molecule has 3 nitrogen and oxygen atoms in total. The molecule has 1 heterocycles. The lowest BCUT2D eigenvalue weighted by Gasteiger charge is -2.36. The van der Waals surface area contributed by atoms with Gasteiger partial charge in [-0.25, -0.2) is 0 Å². The summed E-state index contributed by atoms with van der Waals surface area (Å²) in [6, 6.07) is 0. The van der Waals surface area contributed by atoms with Crippen molar-refractivity contribution < 1.29 is 8.85 Å². The maximum Gasteiger partial charge on any atom is 0.191 e. The van der Waals surface area contributed by atoms with Crippen molar-refractivity contribution in [2.24, 2.45) is 10.9 Å². The largest absolute Gasteiger partial charge is 0.417 e. The third-order valence-corrected chi connectivity index (χ3v) is 16.6. The molecule has 0 radical (unpaired) electrons. The fraction of sp³-hybridized carbons (Fsp3) is 0.880. The summed E-state index contributed by atoms with van der Waals surface area (Å²) in [5.74, 6) is 0.574. The van der Waals surface area contributed by atoms with Gasteiger partial charge in [-0.2, -0.15) is 0 Å². The van der Waals surface area contributed by atoms with Crippen molar-refractivity contribution in [2.75, 3.05) is 19.8 Å². The zero-order valence-electron chi connectivity index (χ0n) is 22.1. The van der Waals surface area contributed by atoms with E-state index in [1.54, 1.807) is 0 Å². The average Bonchev–Trinajstić information content (AvgIpc) is 2.92. The summed E-state index contributed by atoms with van der Waals surface area (Å²) in [6.45, 7) is 28.2. The zero-order chi connectivity index (χ0) is 23.2. The highest BCUT2D eigenvalue weighted by Gasteiger charge is 2.37. The van der Waals surface area contributed by atoms with Gasteiger partial charge in [-0.15, -0.1) is 0 Å². The van der Waals surface area contributed by atoms with Gasteiger partial charge in [-0.1, -0.05) is 54.5 Å². The number of hydrogen-bond acceptors (Lipinski definition) is 3. The molecule has 1 unspecified atom stereocenters. The lowest BCUT2D eigenvalue weighted by molar-refractivity contribution is 0.280. The van der Waals surface area contributed by atoms with Crippen LogP contribution in [-0.2, 0) is 8.85 Å². The van der Waals surface area contributed by atoms with E-state index in [1.807, 2.05) is 0 Å². The van der Waals surface area contributed by atoms with Crippen LogP contribution in [-0.4, -0.2) is 42.1 Å². The van der Waals surface area contributed by atoms with Crippen LogP contribution in [0.3, 0.4) is 0 Å². The lowest BCUT2D eigenvalue weighted by atomic mass is 9.95. The Morgan fingerprint density at radius 2 is 1.37 bits per heavy atom. The van der Waals surface area contributed by atoms with Gasteiger partial charge in [0, 0.05) is 31.4 Å². The van der Waals surface area contributed by atoms with E-state index in [2.05, 4.69) is 80.7 Å². The summed E-state index contributed by atoms with van der Waals surface area (Å²) in [6.07, 6.45) is 8.05. The Morgan fingerprint density at radius 1 is 0.867 bits per heavy atom. The van der Waals surface area contributed by atoms with E-state index in [0.717, 1.165) is 45.4 Å². The van der Waals surface area contributed by atoms with Gasteiger partial charge in [0.2, 0.25) is 0 Å². The molecule has 0 aromatic rings. The normalized spacial score (nSPS) is 20.2. The molecule has 0 bridgehead atoms. The van der Waals surface area contributed by atoms with Crippen molar-refractivity contribution in [1.29, 1.82) is 0 Å². The highest BCUT2D eigenvalue weighted by Crippen LogP contribution is 2.37. The second kappa shape index (κ2) is 11.1. The molecule has 0 saturated heterocycles. The summed E-state index contributed by atoms with van der Waals surface area (Å²) >= 11 is 0. The van der Waals surface area contributed by atoms with Crippen LogP contribution < -0.4 is 0 Å². The van der Waals surface area contributed by atoms with Crippen molar-refractivity contribution in [1.82, 2.24) is 0 Å². The van der Waals surface area contributed by atoms with E-state index in [4.69, 9.17) is 13.8 Å². The van der Waals surface area contributed by atoms with Crippen LogP contribution in [0.1, 0.15) is 80.6 Å². The molecule has 0 saturated carbocycles. The summed E-state index contributed by atoms with van der Waals surface area (Å²) in [5.41, 5.74) is 2.84. The van der Waals surface area contributed by atoms with Gasteiger partial charge < -0.3 is 8.85 Å². The molecule has 0 spiro atoms. The van der Waals surface area contributed by atoms with Crippen molar-refractivity contribution in [2.45, 2.75) is 117 Å². The average molecular weight is 454 g/mol. The van der Waals surface area contributed by atoms with Gasteiger partial charge in [0.15, 0.2) is 16.6 Å². The maximum atomic E-state index is 6.32. The first-order valence-electron chi connectivity index (χ1n) is 12.1. The highest BCUT2D eigenvalue weighted by molar-refractivity contribution is 6.74. The topological polar surface area (TPSA) is 30.8 Å². The van der Waals surface area contributed by atoms with Gasteiger partial charge in [-0.3, -0.25) is 4.99 Å². The van der Waals surface area contributed by atoms with Crippen LogP contribution in [0.5, 0.6) is 0 Å². The van der Waals surface area contributed by atoms with Crippen molar-refractivity contribution >= 4 is 22.3 Å². The van der Waals surface area contributed by atoms with Gasteiger partial charge in [0.1, 0.15) is 0 Å². The Morgan fingerprint density at radius 3 is 1.87 bits per heavy atom. The Balaban J connectivity index is 2.39. The molecule has 1 aliphatic rings. The molecule has 0 N–H and O–H groups in total. The second-order valence-electron chi connectivity index (χ2n) is 12.2. The molecule has 176 valence electrons. The summed E-state index contributed by atoms with van der Waals surface area (Å²) in [7, 11) is -3.23. The van der Waals surface area contributed by atoms with E-state index in [0.29, 0.717) is 16.0 Å². The first-order valence-corrected chi connectivity index (χ1v) is 17.9. The van der Waals surface area contributed by atoms with E-state index in [9.17, 15) is 0 Å². The van der Waals surface area contributed by atoms with Crippen molar-refractivity contribution in [3.8, 4) is 0 Å². The Hall–Kier alpha value is -0.236. The number of nitrogens with zero attached hydrogens (tertiary/aromatic N) is 1. The van der Waals surface area contributed by atoms with Gasteiger partial charge >= 0.3 is 0 Å². The number of hydrogen-bond donors (Lipinski definition) is 0. The molecule has 30 heavy (non-hydrogen) atoms. The van der Waals surface area contributed by atoms with E-state index < -0.39 is 16.6 Å². The van der Waals surface area contributed by atoms with Crippen molar-refractivity contribution in [3.05, 3.63) is 11.6 Å². The Labute approximate surface area is 190 Å². The number of unbranched alkanes of at least 4 members (excludes halogenated alkanes) is 2. The number of aliphatic imine (C=N–C) groups is 1. The minimum Gasteiger partial charge on any atom is -0.417 e. The molecular formula is C25H51NO2Si2. The van der Waals surface area contributed by atoms with E-state index in [-0.39, 0.29) is 0 Å². The summed E-state index contributed by atoms with van der Waals surface area (Å²) in [5, 5.41) is 0.585. The van der Waals surface area contributed by atoms with E-state index >= 15 is 0 Å². The van der Waals surface area contributed by atoms with Crippen LogP contribution in [0.4, 0.5) is 0 Å². The highest BCUT2D eigenvalue weighted by atomic mass is 28.4. The van der Waals surface area contributed by atoms with Gasteiger partial charge in [-0.05, 0) is 73.9 Å². The fourth-order valence-electron chi connectivity index (χ4n) is 3.09. The van der Waals surface area contributed by atoms with Gasteiger partial charge in [0.05, 0.1) is 0 Å². The Kier molecular flexibility index (Phi) is 10.3. The molecule has 0 aromatic heterocycles. The molecule has 1 atom stereocenters. The molecule has 1 aliphatic heterocycles. The van der Waals surface area contributed by atoms with Crippen molar-refractivity contribution in [3.63, 3.8) is 0 Å². The minimum absolute atomic E-state index is 0.291. The number of allylic oxidation sites excluding steroid dienone is 1. The molecule has 0 aromatic carbocycles. The van der Waals surface area contributed by atoms with Gasteiger partial charge in [0.25, 0.3) is 0 Å². The quantitative estimate of drug-likeness (QED) is 0.234. The lowest BCUT2D eigenvalue weighted by Crippen LogP contribution is -2.40. The molecule has 5 heteroatoms. The van der Waals surface area contributed by atoms with Crippen LogP contribution in [0.2, 0.25) is 36.3 Å². The van der Waals surface area contributed by atoms with Crippen LogP contribution in [0.15, 0.2) is 16.6 Å². The SMILES string of the molecule is CC1CN=C(CCCCO[Si](C)(C)C(C)(C)C)/C1=C/CCCO[Si](C)(C)C(C)(C)C. The fourth-order valence-corrected chi connectivity index (χ4v) is 5.26.